The second kappa shape index (κ2) is 7.46. The largest absolute Gasteiger partial charge is 0.489 e. The molecule has 0 saturated heterocycles. The fourth-order valence-electron chi connectivity index (χ4n) is 2.62. The number of nitrogens with zero attached hydrogens (tertiary/aromatic N) is 3. The quantitative estimate of drug-likeness (QED) is 0.471. The third-order valence-corrected chi connectivity index (χ3v) is 4.94. The highest BCUT2D eigenvalue weighted by molar-refractivity contribution is 8.00. The third kappa shape index (κ3) is 4.97. The highest BCUT2D eigenvalue weighted by Crippen LogP contribution is 2.39. The molecule has 0 aliphatic heterocycles. The number of ether oxygens (including phenoxy) is 1. The Kier molecular flexibility index (Phi) is 5.48. The van der Waals surface area contributed by atoms with Gasteiger partial charge in [0.05, 0.1) is 28.0 Å². The minimum atomic E-state index is -1.01. The molecule has 3 aromatic rings. The van der Waals surface area contributed by atoms with Crippen molar-refractivity contribution in [2.45, 2.75) is 49.9 Å². The zero-order valence-electron chi connectivity index (χ0n) is 17.0. The first-order valence-electron chi connectivity index (χ1n) is 9.01. The highest BCUT2D eigenvalue weighted by atomic mass is 32.2. The van der Waals surface area contributed by atoms with Crippen LogP contribution in [-0.2, 0) is 0 Å². The average Bonchev–Trinajstić information content (AvgIpc) is 2.96. The van der Waals surface area contributed by atoms with E-state index in [1.165, 1.54) is 6.20 Å². The van der Waals surface area contributed by atoms with Gasteiger partial charge >= 0.3 is 0 Å². The van der Waals surface area contributed by atoms with E-state index in [1.807, 2.05) is 0 Å². The number of imidazole rings is 1. The van der Waals surface area contributed by atoms with Gasteiger partial charge in [-0.3, -0.25) is 4.40 Å². The number of fused-ring (bicyclic) bond motifs is 1. The second-order valence-corrected chi connectivity index (χ2v) is 10.3. The van der Waals surface area contributed by atoms with Crippen molar-refractivity contribution in [3.8, 4) is 17.0 Å². The lowest BCUT2D eigenvalue weighted by atomic mass is 10.2. The summed E-state index contributed by atoms with van der Waals surface area (Å²) in [5, 5.41) is 10.0. The lowest BCUT2D eigenvalue weighted by molar-refractivity contribution is 0.0275. The van der Waals surface area contributed by atoms with Crippen LogP contribution in [-0.4, -0.2) is 36.4 Å². The summed E-state index contributed by atoms with van der Waals surface area (Å²) in [6.45, 7) is 9.55. The molecule has 6 nitrogen and oxygen atoms in total. The van der Waals surface area contributed by atoms with Gasteiger partial charge in [-0.1, -0.05) is 20.8 Å². The molecule has 0 amide bonds. The number of aliphatic hydroxyl groups is 1. The van der Waals surface area contributed by atoms with Gasteiger partial charge in [0.15, 0.2) is 11.6 Å². The van der Waals surface area contributed by atoms with E-state index in [2.05, 4.69) is 30.7 Å². The standard InChI is InChI=1S/C20H24F2N4O2S/c1-19(2,3)29-15-9-26-13(11-6-12(21)18(23)25-17(11)22)8-24-16(26)7-14(15)28-10-20(4,5)27/h6-9,27H,10H2,1-5H3,(H2,23,25). The molecule has 0 fully saturated rings. The van der Waals surface area contributed by atoms with Gasteiger partial charge in [0.25, 0.3) is 0 Å². The summed E-state index contributed by atoms with van der Waals surface area (Å²) in [5.41, 5.74) is 5.13. The number of thioether (sulfide) groups is 1. The number of aromatic nitrogens is 3. The summed E-state index contributed by atoms with van der Waals surface area (Å²) in [6.07, 6.45) is 3.21. The molecule has 29 heavy (non-hydrogen) atoms. The van der Waals surface area contributed by atoms with E-state index in [0.29, 0.717) is 17.1 Å². The minimum Gasteiger partial charge on any atom is -0.489 e. The minimum absolute atomic E-state index is 0.0407. The van der Waals surface area contributed by atoms with Crippen LogP contribution < -0.4 is 10.5 Å². The van der Waals surface area contributed by atoms with Gasteiger partial charge in [-0.05, 0) is 19.9 Å². The van der Waals surface area contributed by atoms with E-state index < -0.39 is 23.2 Å². The lowest BCUT2D eigenvalue weighted by Gasteiger charge is -2.23. The topological polar surface area (TPSA) is 85.7 Å². The molecule has 0 bridgehead atoms. The van der Waals surface area contributed by atoms with Crippen LogP contribution in [0.15, 0.2) is 29.4 Å². The Labute approximate surface area is 172 Å². The third-order valence-electron chi connectivity index (χ3n) is 3.80. The maximum Gasteiger partial charge on any atom is 0.224 e. The molecular formula is C20H24F2N4O2S. The zero-order chi connectivity index (χ0) is 21.6. The van der Waals surface area contributed by atoms with Crippen LogP contribution in [0, 0.1) is 11.8 Å². The van der Waals surface area contributed by atoms with Crippen molar-refractivity contribution in [3.63, 3.8) is 0 Å². The number of nitrogen functional groups attached to an aromatic ring is 1. The van der Waals surface area contributed by atoms with Crippen LogP contribution in [0.3, 0.4) is 0 Å². The normalized spacial score (nSPS) is 12.6. The van der Waals surface area contributed by atoms with E-state index in [4.69, 9.17) is 10.5 Å². The molecule has 0 aromatic carbocycles. The van der Waals surface area contributed by atoms with Gasteiger partial charge in [0, 0.05) is 17.0 Å². The van der Waals surface area contributed by atoms with Crippen LogP contribution in [0.5, 0.6) is 5.75 Å². The molecule has 0 aliphatic rings. The van der Waals surface area contributed by atoms with E-state index >= 15 is 0 Å². The summed E-state index contributed by atoms with van der Waals surface area (Å²) >= 11 is 1.55. The Hall–Kier alpha value is -2.39. The van der Waals surface area contributed by atoms with E-state index in [9.17, 15) is 13.9 Å². The number of hydrogen-bond donors (Lipinski definition) is 2. The molecule has 0 aliphatic carbocycles. The van der Waals surface area contributed by atoms with E-state index in [1.54, 1.807) is 42.3 Å². The fourth-order valence-corrected chi connectivity index (χ4v) is 3.66. The molecule has 3 aromatic heterocycles. The molecule has 0 spiro atoms. The van der Waals surface area contributed by atoms with Crippen LogP contribution in [0.1, 0.15) is 34.6 Å². The van der Waals surface area contributed by atoms with E-state index in [0.717, 1.165) is 11.0 Å². The predicted molar refractivity (Wildman–Crippen MR) is 110 cm³/mol. The molecule has 156 valence electrons. The van der Waals surface area contributed by atoms with Crippen LogP contribution >= 0.6 is 11.8 Å². The number of rotatable bonds is 5. The Bertz CT molecular complexity index is 1060. The maximum absolute atomic E-state index is 14.4. The van der Waals surface area contributed by atoms with Gasteiger partial charge < -0.3 is 15.6 Å². The first kappa shape index (κ1) is 21.3. The number of anilines is 1. The van der Waals surface area contributed by atoms with Crippen molar-refractivity contribution >= 4 is 23.2 Å². The van der Waals surface area contributed by atoms with Crippen molar-refractivity contribution in [2.75, 3.05) is 12.3 Å². The Balaban J connectivity index is 2.14. The number of halogens is 2. The molecule has 3 N–H and O–H groups in total. The van der Waals surface area contributed by atoms with Crippen molar-refractivity contribution < 1.29 is 18.6 Å². The van der Waals surface area contributed by atoms with Crippen molar-refractivity contribution in [1.29, 1.82) is 0 Å². The molecule has 0 saturated carbocycles. The summed E-state index contributed by atoms with van der Waals surface area (Å²) < 4.78 is 35.6. The summed E-state index contributed by atoms with van der Waals surface area (Å²) in [7, 11) is 0. The van der Waals surface area contributed by atoms with E-state index in [-0.39, 0.29) is 16.9 Å². The molecular weight excluding hydrogens is 398 g/mol. The predicted octanol–water partition coefficient (Wildman–Crippen LogP) is 4.30. The molecule has 9 heteroatoms. The Morgan fingerprint density at radius 1 is 1.21 bits per heavy atom. The number of pyridine rings is 2. The van der Waals surface area contributed by atoms with Gasteiger partial charge in [-0.2, -0.15) is 9.37 Å². The number of hydrogen-bond acceptors (Lipinski definition) is 6. The summed E-state index contributed by atoms with van der Waals surface area (Å²) in [6, 6.07) is 2.72. The monoisotopic (exact) mass is 422 g/mol. The van der Waals surface area contributed by atoms with Gasteiger partial charge in [0.2, 0.25) is 5.95 Å². The molecule has 0 radical (unpaired) electrons. The number of nitrogens with two attached hydrogens (primary N) is 1. The molecule has 0 unspecified atom stereocenters. The van der Waals surface area contributed by atoms with Crippen molar-refractivity contribution in [1.82, 2.24) is 14.4 Å². The SMILES string of the molecule is CC(C)(O)COc1cc2ncc(-c3cc(F)c(N)nc3F)n2cc1SC(C)(C)C. The van der Waals surface area contributed by atoms with Crippen molar-refractivity contribution in [2.24, 2.45) is 0 Å². The fraction of sp³-hybridized carbons (Fsp3) is 0.400. The van der Waals surface area contributed by atoms with Crippen molar-refractivity contribution in [3.05, 3.63) is 36.3 Å². The van der Waals surface area contributed by atoms with Crippen LogP contribution in [0.4, 0.5) is 14.6 Å². The summed E-state index contributed by atoms with van der Waals surface area (Å²) in [5.74, 6) is -1.62. The first-order chi connectivity index (χ1) is 13.3. The molecule has 3 rings (SSSR count). The smallest absolute Gasteiger partial charge is 0.224 e. The van der Waals surface area contributed by atoms with Gasteiger partial charge in [0.1, 0.15) is 18.0 Å². The average molecular weight is 423 g/mol. The van der Waals surface area contributed by atoms with Gasteiger partial charge in [-0.25, -0.2) is 9.37 Å². The second-order valence-electron chi connectivity index (χ2n) is 8.38. The van der Waals surface area contributed by atoms with Crippen LogP contribution in [0.2, 0.25) is 0 Å². The Morgan fingerprint density at radius 2 is 1.90 bits per heavy atom. The van der Waals surface area contributed by atoms with Gasteiger partial charge in [-0.15, -0.1) is 11.8 Å². The highest BCUT2D eigenvalue weighted by Gasteiger charge is 2.22. The first-order valence-corrected chi connectivity index (χ1v) is 9.83. The van der Waals surface area contributed by atoms with Crippen LogP contribution in [0.25, 0.3) is 16.9 Å². The zero-order valence-corrected chi connectivity index (χ0v) is 17.8. The summed E-state index contributed by atoms with van der Waals surface area (Å²) in [4.78, 5) is 8.50. The lowest BCUT2D eigenvalue weighted by Crippen LogP contribution is -2.28. The molecule has 3 heterocycles. The Morgan fingerprint density at radius 3 is 2.52 bits per heavy atom. The molecule has 0 atom stereocenters. The maximum atomic E-state index is 14.4.